The number of amides is 1. The summed E-state index contributed by atoms with van der Waals surface area (Å²) in [6, 6.07) is 3.98. The van der Waals surface area contributed by atoms with Crippen molar-refractivity contribution in [1.29, 1.82) is 0 Å². The Kier molecular flexibility index (Phi) is 4.72. The first kappa shape index (κ1) is 15.0. The maximum Gasteiger partial charge on any atom is 0.286 e. The average molecular weight is 318 g/mol. The number of carbonyl (C=O) groups excluding carboxylic acids is 1. The standard InChI is InChI=1S/C15H18N4O2S/c1-10-4-2-6-12(10)17-13(20)9-22-15-18-14(19-21-15)11-5-3-7-16-8-11/h3,5,7-8,10,12H,2,4,6,9H2,1H3,(H,17,20)/t10-,12+/m1/s1. The van der Waals surface area contributed by atoms with E-state index in [0.29, 0.717) is 23.0 Å². The highest BCUT2D eigenvalue weighted by Crippen LogP contribution is 2.25. The number of thioether (sulfide) groups is 1. The molecule has 3 rings (SSSR count). The molecule has 22 heavy (non-hydrogen) atoms. The summed E-state index contributed by atoms with van der Waals surface area (Å²) in [7, 11) is 0. The van der Waals surface area contributed by atoms with Gasteiger partial charge in [-0.2, -0.15) is 4.98 Å². The lowest BCUT2D eigenvalue weighted by atomic mass is 10.1. The summed E-state index contributed by atoms with van der Waals surface area (Å²) < 4.78 is 5.15. The molecule has 2 heterocycles. The van der Waals surface area contributed by atoms with Crippen LogP contribution in [0.5, 0.6) is 0 Å². The number of hydrogen-bond donors (Lipinski definition) is 1. The maximum absolute atomic E-state index is 12.0. The van der Waals surface area contributed by atoms with Gasteiger partial charge in [-0.25, -0.2) is 0 Å². The SMILES string of the molecule is C[C@@H]1CCC[C@@H]1NC(=O)CSc1nc(-c2cccnc2)no1. The zero-order valence-corrected chi connectivity index (χ0v) is 13.2. The maximum atomic E-state index is 12.0. The van der Waals surface area contributed by atoms with Crippen molar-refractivity contribution in [2.75, 3.05) is 5.75 Å². The normalized spacial score (nSPS) is 21.0. The number of aromatic nitrogens is 3. The van der Waals surface area contributed by atoms with Crippen LogP contribution in [0.15, 0.2) is 34.3 Å². The van der Waals surface area contributed by atoms with E-state index < -0.39 is 0 Å². The fraction of sp³-hybridized carbons (Fsp3) is 0.467. The van der Waals surface area contributed by atoms with Gasteiger partial charge in [-0.15, -0.1) is 0 Å². The van der Waals surface area contributed by atoms with E-state index in [1.54, 1.807) is 12.4 Å². The zero-order valence-electron chi connectivity index (χ0n) is 12.4. The Balaban J connectivity index is 1.51. The van der Waals surface area contributed by atoms with E-state index in [1.807, 2.05) is 12.1 Å². The minimum absolute atomic E-state index is 0.0184. The van der Waals surface area contributed by atoms with Crippen LogP contribution >= 0.6 is 11.8 Å². The van der Waals surface area contributed by atoms with Crippen LogP contribution in [0.2, 0.25) is 0 Å². The van der Waals surface area contributed by atoms with Crippen molar-refractivity contribution in [1.82, 2.24) is 20.4 Å². The van der Waals surface area contributed by atoms with Crippen LogP contribution in [0.25, 0.3) is 11.4 Å². The molecule has 116 valence electrons. The summed E-state index contributed by atoms with van der Waals surface area (Å²) in [5.74, 6) is 1.36. The van der Waals surface area contributed by atoms with Crippen molar-refractivity contribution in [3.63, 3.8) is 0 Å². The fourth-order valence-corrected chi connectivity index (χ4v) is 3.19. The lowest BCUT2D eigenvalue weighted by Gasteiger charge is -2.16. The van der Waals surface area contributed by atoms with Crippen LogP contribution in [-0.2, 0) is 4.79 Å². The largest absolute Gasteiger partial charge is 0.352 e. The third-order valence-electron chi connectivity index (χ3n) is 3.86. The molecule has 1 amide bonds. The van der Waals surface area contributed by atoms with Gasteiger partial charge in [-0.1, -0.05) is 30.3 Å². The van der Waals surface area contributed by atoms with E-state index in [0.717, 1.165) is 12.0 Å². The molecule has 1 N–H and O–H groups in total. The van der Waals surface area contributed by atoms with Gasteiger partial charge < -0.3 is 9.84 Å². The zero-order chi connectivity index (χ0) is 15.4. The number of nitrogens with one attached hydrogen (secondary N) is 1. The molecule has 2 atom stereocenters. The first-order valence-corrected chi connectivity index (χ1v) is 8.37. The summed E-state index contributed by atoms with van der Waals surface area (Å²) in [6.45, 7) is 2.18. The van der Waals surface area contributed by atoms with Crippen molar-refractivity contribution in [3.05, 3.63) is 24.5 Å². The van der Waals surface area contributed by atoms with Crippen LogP contribution in [0, 0.1) is 5.92 Å². The van der Waals surface area contributed by atoms with Gasteiger partial charge in [0, 0.05) is 24.0 Å². The number of nitrogens with zero attached hydrogens (tertiary/aromatic N) is 3. The van der Waals surface area contributed by atoms with Gasteiger partial charge >= 0.3 is 0 Å². The Morgan fingerprint density at radius 3 is 3.14 bits per heavy atom. The van der Waals surface area contributed by atoms with Crippen LogP contribution in [0.4, 0.5) is 0 Å². The van der Waals surface area contributed by atoms with E-state index >= 15 is 0 Å². The smallest absolute Gasteiger partial charge is 0.286 e. The average Bonchev–Trinajstić information content (AvgIpc) is 3.16. The molecule has 0 aliphatic heterocycles. The molecule has 1 fully saturated rings. The first-order valence-electron chi connectivity index (χ1n) is 7.38. The Hall–Kier alpha value is -1.89. The molecule has 6 nitrogen and oxygen atoms in total. The lowest BCUT2D eigenvalue weighted by Crippen LogP contribution is -2.37. The molecular formula is C15H18N4O2S. The van der Waals surface area contributed by atoms with E-state index in [1.165, 1.54) is 24.6 Å². The van der Waals surface area contributed by atoms with Gasteiger partial charge in [0.05, 0.1) is 5.75 Å². The molecular weight excluding hydrogens is 300 g/mol. The van der Waals surface area contributed by atoms with Crippen LogP contribution in [-0.4, -0.2) is 32.8 Å². The van der Waals surface area contributed by atoms with Crippen LogP contribution < -0.4 is 5.32 Å². The molecule has 2 aromatic rings. The second kappa shape index (κ2) is 6.91. The molecule has 2 aromatic heterocycles. The molecule has 0 unspecified atom stereocenters. The molecule has 7 heteroatoms. The molecule has 0 spiro atoms. The van der Waals surface area contributed by atoms with Gasteiger partial charge in [-0.3, -0.25) is 9.78 Å². The Morgan fingerprint density at radius 2 is 2.41 bits per heavy atom. The number of carbonyl (C=O) groups is 1. The van der Waals surface area contributed by atoms with Crippen LogP contribution in [0.3, 0.4) is 0 Å². The minimum Gasteiger partial charge on any atom is -0.352 e. The predicted octanol–water partition coefficient (Wildman–Crippen LogP) is 2.53. The van der Waals surface area contributed by atoms with Crippen molar-refractivity contribution in [2.24, 2.45) is 5.92 Å². The molecule has 1 saturated carbocycles. The molecule has 0 radical (unpaired) electrons. The summed E-state index contributed by atoms with van der Waals surface area (Å²) in [6.07, 6.45) is 6.82. The second-order valence-corrected chi connectivity index (χ2v) is 6.42. The first-order chi connectivity index (χ1) is 10.7. The fourth-order valence-electron chi connectivity index (χ4n) is 2.62. The quantitative estimate of drug-likeness (QED) is 0.853. The van der Waals surface area contributed by atoms with E-state index in [4.69, 9.17) is 4.52 Å². The predicted molar refractivity (Wildman–Crippen MR) is 83.2 cm³/mol. The van der Waals surface area contributed by atoms with E-state index in [2.05, 4.69) is 27.4 Å². The van der Waals surface area contributed by atoms with Gasteiger partial charge in [0.25, 0.3) is 5.22 Å². The Morgan fingerprint density at radius 1 is 1.50 bits per heavy atom. The van der Waals surface area contributed by atoms with Crippen molar-refractivity contribution in [3.8, 4) is 11.4 Å². The Bertz CT molecular complexity index is 631. The summed E-state index contributed by atoms with van der Waals surface area (Å²) >= 11 is 1.26. The number of hydrogen-bond acceptors (Lipinski definition) is 6. The molecule has 1 aliphatic rings. The summed E-state index contributed by atoms with van der Waals surface area (Å²) in [4.78, 5) is 20.2. The minimum atomic E-state index is 0.0184. The van der Waals surface area contributed by atoms with Gasteiger partial charge in [0.15, 0.2) is 0 Å². The van der Waals surface area contributed by atoms with E-state index in [9.17, 15) is 4.79 Å². The molecule has 0 bridgehead atoms. The topological polar surface area (TPSA) is 80.9 Å². The third-order valence-corrected chi connectivity index (χ3v) is 4.68. The summed E-state index contributed by atoms with van der Waals surface area (Å²) in [5, 5.41) is 7.38. The highest BCUT2D eigenvalue weighted by atomic mass is 32.2. The van der Waals surface area contributed by atoms with E-state index in [-0.39, 0.29) is 11.7 Å². The van der Waals surface area contributed by atoms with Crippen LogP contribution in [0.1, 0.15) is 26.2 Å². The Labute approximate surface area is 133 Å². The lowest BCUT2D eigenvalue weighted by molar-refractivity contribution is -0.119. The third kappa shape index (κ3) is 3.65. The molecule has 0 aromatic carbocycles. The van der Waals surface area contributed by atoms with Crippen molar-refractivity contribution < 1.29 is 9.32 Å². The highest BCUT2D eigenvalue weighted by molar-refractivity contribution is 7.99. The van der Waals surface area contributed by atoms with Gasteiger partial charge in [0.1, 0.15) is 0 Å². The monoisotopic (exact) mass is 318 g/mol. The second-order valence-electron chi connectivity index (χ2n) is 5.50. The highest BCUT2D eigenvalue weighted by Gasteiger charge is 2.24. The van der Waals surface area contributed by atoms with Crippen molar-refractivity contribution >= 4 is 17.7 Å². The molecule has 0 saturated heterocycles. The summed E-state index contributed by atoms with van der Waals surface area (Å²) in [5.41, 5.74) is 0.794. The molecule has 1 aliphatic carbocycles. The van der Waals surface area contributed by atoms with Gasteiger partial charge in [-0.05, 0) is 30.9 Å². The number of rotatable bonds is 5. The van der Waals surface area contributed by atoms with Crippen molar-refractivity contribution in [2.45, 2.75) is 37.5 Å². The number of pyridine rings is 1. The van der Waals surface area contributed by atoms with Gasteiger partial charge in [0.2, 0.25) is 11.7 Å².